The number of carbonyl (C=O) groups excluding carboxylic acids is 3. The number of nitrogens with zero attached hydrogens (tertiary/aromatic N) is 1. The molecule has 0 spiro atoms. The molecule has 2 amide bonds. The largest absolute Gasteiger partial charge is 0.490 e. The SMILES string of the molecule is CCOc1cc(/C=N/NC(=O)[C@@H]2C(=O)NC[C@H]2c2ccccc2)ccc1OC(=O)c1ccc(C)cc1. The van der Waals surface area contributed by atoms with Crippen molar-refractivity contribution in [2.24, 2.45) is 11.0 Å². The van der Waals surface area contributed by atoms with Gasteiger partial charge in [0.05, 0.1) is 18.4 Å². The van der Waals surface area contributed by atoms with Crippen LogP contribution in [0.15, 0.2) is 77.9 Å². The standard InChI is InChI=1S/C28H27N3O5/c1-3-35-24-15-19(11-14-23(24)36-28(34)21-12-9-18(2)10-13-21)16-30-31-27(33)25-22(17-29-26(25)32)20-7-5-4-6-8-20/h4-16,22,25H,3,17H2,1-2H3,(H,29,32)(H,31,33)/b30-16+/t22-,25-/m0/s1. The van der Waals surface area contributed by atoms with Crippen LogP contribution in [0.1, 0.15) is 39.9 Å². The van der Waals surface area contributed by atoms with E-state index in [0.717, 1.165) is 11.1 Å². The lowest BCUT2D eigenvalue weighted by molar-refractivity contribution is -0.133. The molecule has 2 atom stereocenters. The summed E-state index contributed by atoms with van der Waals surface area (Å²) in [6.07, 6.45) is 1.44. The van der Waals surface area contributed by atoms with Gasteiger partial charge in [-0.25, -0.2) is 10.2 Å². The van der Waals surface area contributed by atoms with Crippen molar-refractivity contribution < 1.29 is 23.9 Å². The third kappa shape index (κ3) is 5.78. The summed E-state index contributed by atoms with van der Waals surface area (Å²) < 4.78 is 11.2. The van der Waals surface area contributed by atoms with Crippen LogP contribution in [0.3, 0.4) is 0 Å². The second kappa shape index (κ2) is 11.3. The van der Waals surface area contributed by atoms with Crippen LogP contribution in [0.2, 0.25) is 0 Å². The van der Waals surface area contributed by atoms with Gasteiger partial charge in [-0.3, -0.25) is 9.59 Å². The van der Waals surface area contributed by atoms with Crippen molar-refractivity contribution in [3.63, 3.8) is 0 Å². The molecule has 1 saturated heterocycles. The van der Waals surface area contributed by atoms with Crippen LogP contribution < -0.4 is 20.2 Å². The van der Waals surface area contributed by atoms with E-state index in [4.69, 9.17) is 9.47 Å². The maximum atomic E-state index is 12.8. The van der Waals surface area contributed by atoms with E-state index < -0.39 is 17.8 Å². The first kappa shape index (κ1) is 24.7. The zero-order valence-corrected chi connectivity index (χ0v) is 20.1. The summed E-state index contributed by atoms with van der Waals surface area (Å²) in [6, 6.07) is 21.5. The van der Waals surface area contributed by atoms with Crippen molar-refractivity contribution in [3.05, 3.63) is 95.1 Å². The van der Waals surface area contributed by atoms with E-state index in [1.54, 1.807) is 30.3 Å². The number of benzene rings is 3. The fraction of sp³-hybridized carbons (Fsp3) is 0.214. The number of hydrazone groups is 1. The van der Waals surface area contributed by atoms with Crippen LogP contribution in [-0.2, 0) is 9.59 Å². The van der Waals surface area contributed by atoms with E-state index in [1.165, 1.54) is 6.21 Å². The summed E-state index contributed by atoms with van der Waals surface area (Å²) >= 11 is 0. The maximum absolute atomic E-state index is 12.8. The highest BCUT2D eigenvalue weighted by molar-refractivity contribution is 6.03. The lowest BCUT2D eigenvalue weighted by atomic mass is 9.88. The van der Waals surface area contributed by atoms with Gasteiger partial charge in [-0.15, -0.1) is 0 Å². The first-order valence-corrected chi connectivity index (χ1v) is 11.7. The van der Waals surface area contributed by atoms with E-state index in [0.29, 0.717) is 30.0 Å². The average molecular weight is 486 g/mol. The number of amides is 2. The van der Waals surface area contributed by atoms with Gasteiger partial charge in [0.15, 0.2) is 11.5 Å². The Hall–Kier alpha value is -4.46. The predicted molar refractivity (Wildman–Crippen MR) is 135 cm³/mol. The Kier molecular flexibility index (Phi) is 7.75. The van der Waals surface area contributed by atoms with Crippen molar-refractivity contribution in [1.82, 2.24) is 10.7 Å². The van der Waals surface area contributed by atoms with Crippen LogP contribution in [0.5, 0.6) is 11.5 Å². The van der Waals surface area contributed by atoms with Crippen LogP contribution in [0.25, 0.3) is 0 Å². The molecule has 0 radical (unpaired) electrons. The summed E-state index contributed by atoms with van der Waals surface area (Å²) in [4.78, 5) is 37.6. The summed E-state index contributed by atoms with van der Waals surface area (Å²) in [7, 11) is 0. The highest BCUT2D eigenvalue weighted by atomic mass is 16.6. The normalized spacial score (nSPS) is 17.0. The lowest BCUT2D eigenvalue weighted by Gasteiger charge is -2.15. The number of aryl methyl sites for hydroxylation is 1. The molecule has 1 fully saturated rings. The summed E-state index contributed by atoms with van der Waals surface area (Å²) in [5.41, 5.74) is 5.47. The molecular formula is C28H27N3O5. The summed E-state index contributed by atoms with van der Waals surface area (Å²) in [5.74, 6) is -1.79. The molecule has 2 N–H and O–H groups in total. The minimum atomic E-state index is -0.868. The van der Waals surface area contributed by atoms with Crippen LogP contribution in [0, 0.1) is 12.8 Å². The van der Waals surface area contributed by atoms with Crippen LogP contribution in [-0.4, -0.2) is 37.1 Å². The van der Waals surface area contributed by atoms with Gasteiger partial charge < -0.3 is 14.8 Å². The Balaban J connectivity index is 1.43. The van der Waals surface area contributed by atoms with Crippen LogP contribution in [0.4, 0.5) is 0 Å². The number of esters is 1. The van der Waals surface area contributed by atoms with E-state index in [9.17, 15) is 14.4 Å². The Morgan fingerprint density at radius 2 is 1.81 bits per heavy atom. The second-order valence-electron chi connectivity index (χ2n) is 8.37. The van der Waals surface area contributed by atoms with Gasteiger partial charge in [0.2, 0.25) is 5.91 Å². The molecule has 184 valence electrons. The molecule has 1 aliphatic heterocycles. The summed E-state index contributed by atoms with van der Waals surface area (Å²) in [5, 5.41) is 6.78. The second-order valence-corrected chi connectivity index (χ2v) is 8.37. The predicted octanol–water partition coefficient (Wildman–Crippen LogP) is 3.59. The highest BCUT2D eigenvalue weighted by Gasteiger charge is 2.40. The molecule has 3 aromatic carbocycles. The Labute approximate surface area is 209 Å². The van der Waals surface area contributed by atoms with Crippen LogP contribution >= 0.6 is 0 Å². The van der Waals surface area contributed by atoms with Crippen molar-refractivity contribution in [3.8, 4) is 11.5 Å². The zero-order valence-electron chi connectivity index (χ0n) is 20.1. The first-order valence-electron chi connectivity index (χ1n) is 11.7. The van der Waals surface area contributed by atoms with Gasteiger partial charge in [-0.1, -0.05) is 48.0 Å². The number of hydrogen-bond donors (Lipinski definition) is 2. The molecule has 8 heteroatoms. The molecule has 0 bridgehead atoms. The van der Waals surface area contributed by atoms with E-state index in [1.807, 2.05) is 56.3 Å². The lowest BCUT2D eigenvalue weighted by Crippen LogP contribution is -2.34. The number of rotatable bonds is 8. The molecule has 3 aromatic rings. The maximum Gasteiger partial charge on any atom is 0.343 e. The first-order chi connectivity index (χ1) is 17.5. The Morgan fingerprint density at radius 3 is 2.53 bits per heavy atom. The monoisotopic (exact) mass is 485 g/mol. The average Bonchev–Trinajstić information content (AvgIpc) is 3.28. The molecule has 0 saturated carbocycles. The molecule has 1 heterocycles. The van der Waals surface area contributed by atoms with E-state index in [-0.39, 0.29) is 17.6 Å². The fourth-order valence-corrected chi connectivity index (χ4v) is 3.98. The van der Waals surface area contributed by atoms with Gasteiger partial charge in [-0.05, 0) is 55.3 Å². The topological polar surface area (TPSA) is 106 Å². The Morgan fingerprint density at radius 1 is 1.06 bits per heavy atom. The van der Waals surface area contributed by atoms with Crippen molar-refractivity contribution in [2.45, 2.75) is 19.8 Å². The number of hydrogen-bond acceptors (Lipinski definition) is 6. The van der Waals surface area contributed by atoms with E-state index >= 15 is 0 Å². The third-order valence-corrected chi connectivity index (χ3v) is 5.84. The molecular weight excluding hydrogens is 458 g/mol. The minimum Gasteiger partial charge on any atom is -0.490 e. The zero-order chi connectivity index (χ0) is 25.5. The van der Waals surface area contributed by atoms with Gasteiger partial charge in [-0.2, -0.15) is 5.10 Å². The minimum absolute atomic E-state index is 0.263. The number of ether oxygens (including phenoxy) is 2. The van der Waals surface area contributed by atoms with Gasteiger partial charge in [0.1, 0.15) is 5.92 Å². The van der Waals surface area contributed by atoms with E-state index in [2.05, 4.69) is 15.8 Å². The highest BCUT2D eigenvalue weighted by Crippen LogP contribution is 2.30. The number of nitrogens with one attached hydrogen (secondary N) is 2. The molecule has 1 aliphatic rings. The fourth-order valence-electron chi connectivity index (χ4n) is 3.98. The van der Waals surface area contributed by atoms with Crippen molar-refractivity contribution in [2.75, 3.05) is 13.2 Å². The van der Waals surface area contributed by atoms with Crippen molar-refractivity contribution >= 4 is 24.0 Å². The molecule has 36 heavy (non-hydrogen) atoms. The van der Waals surface area contributed by atoms with Gasteiger partial charge in [0.25, 0.3) is 5.91 Å². The van der Waals surface area contributed by atoms with Gasteiger partial charge >= 0.3 is 5.97 Å². The molecule has 8 nitrogen and oxygen atoms in total. The molecule has 4 rings (SSSR count). The van der Waals surface area contributed by atoms with Gasteiger partial charge in [0, 0.05) is 12.5 Å². The van der Waals surface area contributed by atoms with Crippen molar-refractivity contribution in [1.29, 1.82) is 0 Å². The quantitative estimate of drug-likeness (QED) is 0.167. The summed E-state index contributed by atoms with van der Waals surface area (Å²) in [6.45, 7) is 4.52. The molecule has 0 aromatic heterocycles. The third-order valence-electron chi connectivity index (χ3n) is 5.84. The molecule has 0 aliphatic carbocycles. The smallest absolute Gasteiger partial charge is 0.343 e. The number of carbonyl (C=O) groups is 3. The Bertz CT molecular complexity index is 1270. The molecule has 0 unspecified atom stereocenters.